The summed E-state index contributed by atoms with van der Waals surface area (Å²) in [4.78, 5) is 11.8. The van der Waals surface area contributed by atoms with Gasteiger partial charge in [0.05, 0.1) is 4.90 Å². The number of carbonyl (C=O) groups is 1. The van der Waals surface area contributed by atoms with Gasteiger partial charge in [-0.15, -0.1) is 0 Å². The molecule has 0 radical (unpaired) electrons. The molecule has 18 heavy (non-hydrogen) atoms. The van der Waals surface area contributed by atoms with Crippen molar-refractivity contribution in [2.45, 2.75) is 31.6 Å². The summed E-state index contributed by atoms with van der Waals surface area (Å²) in [5.41, 5.74) is 0.439. The summed E-state index contributed by atoms with van der Waals surface area (Å²) < 4.78 is 22.3. The van der Waals surface area contributed by atoms with Crippen molar-refractivity contribution in [3.05, 3.63) is 24.3 Å². The van der Waals surface area contributed by atoms with E-state index >= 15 is 0 Å². The van der Waals surface area contributed by atoms with Gasteiger partial charge in [0.1, 0.15) is 0 Å². The van der Waals surface area contributed by atoms with Crippen molar-refractivity contribution in [3.63, 3.8) is 0 Å². The second-order valence-electron chi connectivity index (χ2n) is 4.25. The molecule has 1 aromatic carbocycles. The minimum atomic E-state index is -3.74. The van der Waals surface area contributed by atoms with E-state index < -0.39 is 10.0 Å². The van der Waals surface area contributed by atoms with E-state index in [9.17, 15) is 13.2 Å². The Morgan fingerprint density at radius 1 is 1.44 bits per heavy atom. The van der Waals surface area contributed by atoms with Crippen LogP contribution in [-0.2, 0) is 14.8 Å². The Labute approximate surface area is 107 Å². The normalized spacial score (nSPS) is 13.1. The van der Waals surface area contributed by atoms with Gasteiger partial charge in [-0.2, -0.15) is 0 Å². The first-order valence-electron chi connectivity index (χ1n) is 5.78. The molecule has 6 heteroatoms. The maximum absolute atomic E-state index is 11.8. The van der Waals surface area contributed by atoms with E-state index in [1.807, 2.05) is 13.8 Å². The van der Waals surface area contributed by atoms with Crippen LogP contribution >= 0.6 is 0 Å². The van der Waals surface area contributed by atoms with Crippen molar-refractivity contribution in [2.75, 3.05) is 5.32 Å². The van der Waals surface area contributed by atoms with Crippen molar-refractivity contribution in [1.82, 2.24) is 0 Å². The molecule has 0 saturated carbocycles. The third-order valence-corrected chi connectivity index (χ3v) is 3.51. The second-order valence-corrected chi connectivity index (χ2v) is 5.81. The fourth-order valence-corrected chi connectivity index (χ4v) is 2.14. The van der Waals surface area contributed by atoms with E-state index in [1.54, 1.807) is 12.1 Å². The molecule has 1 aromatic rings. The van der Waals surface area contributed by atoms with Crippen LogP contribution in [0.3, 0.4) is 0 Å². The van der Waals surface area contributed by atoms with E-state index in [2.05, 4.69) is 5.32 Å². The van der Waals surface area contributed by atoms with E-state index in [-0.39, 0.29) is 16.7 Å². The average molecular weight is 270 g/mol. The summed E-state index contributed by atoms with van der Waals surface area (Å²) in [5, 5.41) is 7.70. The molecule has 1 unspecified atom stereocenters. The Hall–Kier alpha value is -1.40. The minimum absolute atomic E-state index is 0.0107. The van der Waals surface area contributed by atoms with Crippen LogP contribution in [0.25, 0.3) is 0 Å². The third kappa shape index (κ3) is 4.12. The largest absolute Gasteiger partial charge is 0.326 e. The lowest BCUT2D eigenvalue weighted by atomic mass is 10.1. The maximum atomic E-state index is 11.8. The highest BCUT2D eigenvalue weighted by Crippen LogP contribution is 2.16. The number of nitrogens with one attached hydrogen (secondary N) is 1. The molecule has 0 fully saturated rings. The van der Waals surface area contributed by atoms with Gasteiger partial charge in [0.25, 0.3) is 0 Å². The van der Waals surface area contributed by atoms with E-state index in [1.165, 1.54) is 12.1 Å². The Kier molecular flexibility index (Phi) is 4.86. The fourth-order valence-electron chi connectivity index (χ4n) is 1.58. The standard InChI is InChI=1S/C12H18N2O3S/c1-3-5-9(2)12(15)14-10-6-4-7-11(8-10)18(13,16)17/h4,6-9H,3,5H2,1-2H3,(H,14,15)(H2,13,16,17). The molecule has 0 bridgehead atoms. The SMILES string of the molecule is CCCC(C)C(=O)Nc1cccc(S(N)(=O)=O)c1. The molecular weight excluding hydrogens is 252 g/mol. The van der Waals surface area contributed by atoms with Crippen LogP contribution < -0.4 is 10.5 Å². The molecule has 0 aliphatic rings. The zero-order valence-electron chi connectivity index (χ0n) is 10.5. The summed E-state index contributed by atoms with van der Waals surface area (Å²) in [5.74, 6) is -0.225. The highest BCUT2D eigenvalue weighted by atomic mass is 32.2. The number of primary sulfonamides is 1. The number of hydrogen-bond acceptors (Lipinski definition) is 3. The molecule has 1 rings (SSSR count). The predicted octanol–water partition coefficient (Wildman–Crippen LogP) is 1.71. The van der Waals surface area contributed by atoms with Gasteiger partial charge in [-0.25, -0.2) is 13.6 Å². The second kappa shape index (κ2) is 5.97. The number of carbonyl (C=O) groups excluding carboxylic acids is 1. The third-order valence-electron chi connectivity index (χ3n) is 2.60. The van der Waals surface area contributed by atoms with Gasteiger partial charge in [0, 0.05) is 11.6 Å². The maximum Gasteiger partial charge on any atom is 0.238 e. The summed E-state index contributed by atoms with van der Waals surface area (Å²) >= 11 is 0. The van der Waals surface area contributed by atoms with Crippen LogP contribution in [0, 0.1) is 5.92 Å². The number of hydrogen-bond donors (Lipinski definition) is 2. The van der Waals surface area contributed by atoms with Crippen LogP contribution in [0.5, 0.6) is 0 Å². The molecule has 0 aliphatic carbocycles. The topological polar surface area (TPSA) is 89.3 Å². The molecule has 0 spiro atoms. The molecular formula is C12H18N2O3S. The molecule has 100 valence electrons. The van der Waals surface area contributed by atoms with Gasteiger partial charge < -0.3 is 5.32 Å². The van der Waals surface area contributed by atoms with Crippen LogP contribution in [0.4, 0.5) is 5.69 Å². The number of rotatable bonds is 5. The van der Waals surface area contributed by atoms with Crippen molar-refractivity contribution >= 4 is 21.6 Å². The zero-order valence-corrected chi connectivity index (χ0v) is 11.3. The van der Waals surface area contributed by atoms with Gasteiger partial charge in [0.2, 0.25) is 15.9 Å². The molecule has 1 amide bonds. The van der Waals surface area contributed by atoms with Crippen molar-refractivity contribution in [3.8, 4) is 0 Å². The predicted molar refractivity (Wildman–Crippen MR) is 70.5 cm³/mol. The summed E-state index contributed by atoms with van der Waals surface area (Å²) in [7, 11) is -3.74. The van der Waals surface area contributed by atoms with Crippen LogP contribution in [0.1, 0.15) is 26.7 Å². The van der Waals surface area contributed by atoms with Crippen LogP contribution in [-0.4, -0.2) is 14.3 Å². The van der Waals surface area contributed by atoms with Gasteiger partial charge in [-0.1, -0.05) is 26.3 Å². The van der Waals surface area contributed by atoms with E-state index in [4.69, 9.17) is 5.14 Å². The number of nitrogens with two attached hydrogens (primary N) is 1. The Balaban J connectivity index is 2.83. The van der Waals surface area contributed by atoms with Gasteiger partial charge in [-0.3, -0.25) is 4.79 Å². The lowest BCUT2D eigenvalue weighted by Crippen LogP contribution is -2.20. The molecule has 0 heterocycles. The lowest BCUT2D eigenvalue weighted by molar-refractivity contribution is -0.119. The summed E-state index contributed by atoms with van der Waals surface area (Å²) in [6.07, 6.45) is 1.71. The lowest BCUT2D eigenvalue weighted by Gasteiger charge is -2.11. The molecule has 0 aliphatic heterocycles. The number of sulfonamides is 1. The first-order valence-corrected chi connectivity index (χ1v) is 7.33. The minimum Gasteiger partial charge on any atom is -0.326 e. The molecule has 0 aromatic heterocycles. The van der Waals surface area contributed by atoms with Gasteiger partial charge in [0.15, 0.2) is 0 Å². The van der Waals surface area contributed by atoms with E-state index in [0.29, 0.717) is 5.69 Å². The quantitative estimate of drug-likeness (QED) is 0.853. The Morgan fingerprint density at radius 2 is 2.11 bits per heavy atom. The first-order chi connectivity index (χ1) is 8.34. The molecule has 5 nitrogen and oxygen atoms in total. The summed E-state index contributed by atoms with van der Waals surface area (Å²) in [6, 6.07) is 5.91. The first kappa shape index (κ1) is 14.7. The number of amides is 1. The van der Waals surface area contributed by atoms with Crippen LogP contribution in [0.2, 0.25) is 0 Å². The molecule has 1 atom stereocenters. The van der Waals surface area contributed by atoms with Crippen LogP contribution in [0.15, 0.2) is 29.2 Å². The number of benzene rings is 1. The average Bonchev–Trinajstić information content (AvgIpc) is 2.28. The number of anilines is 1. The molecule has 3 N–H and O–H groups in total. The van der Waals surface area contributed by atoms with Crippen molar-refractivity contribution in [2.24, 2.45) is 11.1 Å². The fraction of sp³-hybridized carbons (Fsp3) is 0.417. The molecule has 0 saturated heterocycles. The van der Waals surface area contributed by atoms with Gasteiger partial charge >= 0.3 is 0 Å². The van der Waals surface area contributed by atoms with E-state index in [0.717, 1.165) is 12.8 Å². The highest BCUT2D eigenvalue weighted by Gasteiger charge is 2.13. The summed E-state index contributed by atoms with van der Waals surface area (Å²) in [6.45, 7) is 3.84. The Morgan fingerprint density at radius 3 is 2.67 bits per heavy atom. The monoisotopic (exact) mass is 270 g/mol. The smallest absolute Gasteiger partial charge is 0.238 e. The van der Waals surface area contributed by atoms with Crippen molar-refractivity contribution < 1.29 is 13.2 Å². The highest BCUT2D eigenvalue weighted by molar-refractivity contribution is 7.89. The Bertz CT molecular complexity index is 526. The van der Waals surface area contributed by atoms with Crippen molar-refractivity contribution in [1.29, 1.82) is 0 Å². The zero-order chi connectivity index (χ0) is 13.8. The van der Waals surface area contributed by atoms with Gasteiger partial charge in [-0.05, 0) is 24.6 Å².